The summed E-state index contributed by atoms with van der Waals surface area (Å²) in [5.41, 5.74) is 6.50. The Morgan fingerprint density at radius 3 is 3.29 bits per heavy atom. The van der Waals surface area contributed by atoms with E-state index in [1.807, 2.05) is 11.8 Å². The predicted octanol–water partition coefficient (Wildman–Crippen LogP) is 2.13. The Morgan fingerprint density at radius 2 is 2.57 bits per heavy atom. The average molecular weight is 212 g/mol. The number of hydrogen-bond acceptors (Lipinski definition) is 4. The smallest absolute Gasteiger partial charge is 0.207 e. The lowest BCUT2D eigenvalue weighted by atomic mass is 10.2. The molecule has 0 radical (unpaired) electrons. The Kier molecular flexibility index (Phi) is 3.48. The lowest BCUT2D eigenvalue weighted by molar-refractivity contribution is 0.486. The van der Waals surface area contributed by atoms with Crippen LogP contribution in [-0.2, 0) is 6.42 Å². The van der Waals surface area contributed by atoms with Crippen molar-refractivity contribution in [3.63, 3.8) is 0 Å². The molecule has 2 rings (SSSR count). The highest BCUT2D eigenvalue weighted by Gasteiger charge is 2.22. The molecule has 1 aliphatic rings. The molecule has 0 bridgehead atoms. The summed E-state index contributed by atoms with van der Waals surface area (Å²) in [6.45, 7) is 0.723. The van der Waals surface area contributed by atoms with E-state index in [9.17, 15) is 0 Å². The van der Waals surface area contributed by atoms with Gasteiger partial charge in [-0.15, -0.1) is 11.8 Å². The van der Waals surface area contributed by atoms with E-state index in [1.165, 1.54) is 18.6 Å². The van der Waals surface area contributed by atoms with Crippen LogP contribution in [0.2, 0.25) is 0 Å². The summed E-state index contributed by atoms with van der Waals surface area (Å²) in [6.07, 6.45) is 6.21. The fraction of sp³-hybridized carbons (Fsp3) is 0.700. The largest absolute Gasteiger partial charge is 0.447 e. The van der Waals surface area contributed by atoms with Gasteiger partial charge in [-0.2, -0.15) is 0 Å². The lowest BCUT2D eigenvalue weighted by Crippen LogP contribution is -2.00. The third kappa shape index (κ3) is 2.30. The van der Waals surface area contributed by atoms with Crippen LogP contribution in [0.25, 0.3) is 0 Å². The van der Waals surface area contributed by atoms with Crippen LogP contribution in [-0.4, -0.2) is 17.3 Å². The van der Waals surface area contributed by atoms with Crippen LogP contribution < -0.4 is 5.73 Å². The van der Waals surface area contributed by atoms with Gasteiger partial charge in [-0.1, -0.05) is 0 Å². The fourth-order valence-corrected chi connectivity index (χ4v) is 2.84. The quantitative estimate of drug-likeness (QED) is 0.830. The maximum atomic E-state index is 5.47. The fourth-order valence-electron chi connectivity index (χ4n) is 1.64. The molecule has 1 fully saturated rings. The predicted molar refractivity (Wildman–Crippen MR) is 58.3 cm³/mol. The normalized spacial score (nSPS) is 21.6. The van der Waals surface area contributed by atoms with Crippen molar-refractivity contribution in [1.29, 1.82) is 0 Å². The molecule has 78 valence electrons. The number of nitrogens with zero attached hydrogens (tertiary/aromatic N) is 1. The highest BCUT2D eigenvalue weighted by Crippen LogP contribution is 2.39. The Bertz CT molecular complexity index is 281. The monoisotopic (exact) mass is 212 g/mol. The minimum atomic E-state index is 0.502. The standard InChI is InChI=1S/C10H16N2OS/c11-5-1-3-8-7-13-10(12-8)9-4-2-6-14-9/h7,9H,1-6,11H2. The van der Waals surface area contributed by atoms with Gasteiger partial charge in [0.05, 0.1) is 10.9 Å². The number of hydrogen-bond donors (Lipinski definition) is 1. The zero-order chi connectivity index (χ0) is 9.80. The molecule has 0 aromatic carbocycles. The van der Waals surface area contributed by atoms with Gasteiger partial charge in [0.15, 0.2) is 0 Å². The van der Waals surface area contributed by atoms with Crippen LogP contribution in [0, 0.1) is 0 Å². The Balaban J connectivity index is 1.94. The van der Waals surface area contributed by atoms with Crippen LogP contribution in [0.1, 0.15) is 36.1 Å². The first kappa shape index (κ1) is 10.1. The van der Waals surface area contributed by atoms with E-state index in [2.05, 4.69) is 4.98 Å². The topological polar surface area (TPSA) is 52.0 Å². The molecule has 0 amide bonds. The first-order chi connectivity index (χ1) is 6.90. The molecule has 3 nitrogen and oxygen atoms in total. The van der Waals surface area contributed by atoms with Gasteiger partial charge in [-0.25, -0.2) is 4.98 Å². The number of rotatable bonds is 4. The van der Waals surface area contributed by atoms with Crippen molar-refractivity contribution in [2.75, 3.05) is 12.3 Å². The van der Waals surface area contributed by atoms with Gasteiger partial charge < -0.3 is 10.2 Å². The minimum Gasteiger partial charge on any atom is -0.447 e. The molecule has 0 saturated carbocycles. The molecule has 2 N–H and O–H groups in total. The maximum Gasteiger partial charge on any atom is 0.207 e. The van der Waals surface area contributed by atoms with Crippen molar-refractivity contribution >= 4 is 11.8 Å². The van der Waals surface area contributed by atoms with E-state index in [4.69, 9.17) is 10.2 Å². The van der Waals surface area contributed by atoms with Crippen molar-refractivity contribution in [2.24, 2.45) is 5.73 Å². The summed E-state index contributed by atoms with van der Waals surface area (Å²) in [4.78, 5) is 4.49. The van der Waals surface area contributed by atoms with Crippen LogP contribution in [0.3, 0.4) is 0 Å². The van der Waals surface area contributed by atoms with Gasteiger partial charge in [-0.05, 0) is 38.0 Å². The molecule has 0 spiro atoms. The van der Waals surface area contributed by atoms with Gasteiger partial charge in [0, 0.05) is 0 Å². The van der Waals surface area contributed by atoms with Crippen LogP contribution >= 0.6 is 11.8 Å². The molecule has 1 saturated heterocycles. The number of oxazole rings is 1. The number of nitrogens with two attached hydrogens (primary N) is 1. The molecular weight excluding hydrogens is 196 g/mol. The van der Waals surface area contributed by atoms with E-state index in [-0.39, 0.29) is 0 Å². The first-order valence-corrected chi connectivity index (χ1v) is 6.21. The van der Waals surface area contributed by atoms with Crippen molar-refractivity contribution in [2.45, 2.75) is 30.9 Å². The zero-order valence-electron chi connectivity index (χ0n) is 8.24. The molecule has 2 heterocycles. The summed E-state index contributed by atoms with van der Waals surface area (Å²) in [7, 11) is 0. The van der Waals surface area contributed by atoms with Gasteiger partial charge in [0.1, 0.15) is 6.26 Å². The Hall–Kier alpha value is -0.480. The molecule has 0 aliphatic carbocycles. The molecule has 1 aromatic rings. The maximum absolute atomic E-state index is 5.47. The van der Waals surface area contributed by atoms with Crippen LogP contribution in [0.5, 0.6) is 0 Å². The molecule has 1 unspecified atom stereocenters. The molecule has 1 aliphatic heterocycles. The second kappa shape index (κ2) is 4.84. The highest BCUT2D eigenvalue weighted by molar-refractivity contribution is 7.99. The summed E-state index contributed by atoms with van der Waals surface area (Å²) in [5, 5.41) is 0.502. The Labute approximate surface area is 88.5 Å². The van der Waals surface area contributed by atoms with Crippen molar-refractivity contribution in [3.05, 3.63) is 17.8 Å². The van der Waals surface area contributed by atoms with Gasteiger partial charge in [0.25, 0.3) is 0 Å². The summed E-state index contributed by atoms with van der Waals surface area (Å²) >= 11 is 1.95. The van der Waals surface area contributed by atoms with E-state index in [0.29, 0.717) is 5.25 Å². The van der Waals surface area contributed by atoms with Crippen LogP contribution in [0.15, 0.2) is 10.7 Å². The van der Waals surface area contributed by atoms with Gasteiger partial charge >= 0.3 is 0 Å². The van der Waals surface area contributed by atoms with E-state index < -0.39 is 0 Å². The number of thioether (sulfide) groups is 1. The van der Waals surface area contributed by atoms with E-state index >= 15 is 0 Å². The SMILES string of the molecule is NCCCc1coc(C2CCCS2)n1. The molecule has 14 heavy (non-hydrogen) atoms. The van der Waals surface area contributed by atoms with Crippen molar-refractivity contribution in [3.8, 4) is 0 Å². The number of aromatic nitrogens is 1. The second-order valence-electron chi connectivity index (χ2n) is 3.57. The van der Waals surface area contributed by atoms with Crippen molar-refractivity contribution in [1.82, 2.24) is 4.98 Å². The highest BCUT2D eigenvalue weighted by atomic mass is 32.2. The zero-order valence-corrected chi connectivity index (χ0v) is 9.05. The summed E-state index contributed by atoms with van der Waals surface area (Å²) < 4.78 is 5.47. The minimum absolute atomic E-state index is 0.502. The van der Waals surface area contributed by atoms with E-state index in [1.54, 1.807) is 6.26 Å². The second-order valence-corrected chi connectivity index (χ2v) is 4.88. The van der Waals surface area contributed by atoms with E-state index in [0.717, 1.165) is 31.0 Å². The third-order valence-electron chi connectivity index (χ3n) is 2.41. The molecule has 4 heteroatoms. The third-order valence-corrected chi connectivity index (χ3v) is 3.78. The number of aryl methyl sites for hydroxylation is 1. The molecule has 1 atom stereocenters. The summed E-state index contributed by atoms with van der Waals surface area (Å²) in [5.74, 6) is 2.16. The Morgan fingerprint density at radius 1 is 1.64 bits per heavy atom. The van der Waals surface area contributed by atoms with Gasteiger partial charge in [-0.3, -0.25) is 0 Å². The molecule has 1 aromatic heterocycles. The average Bonchev–Trinajstić information content (AvgIpc) is 2.85. The van der Waals surface area contributed by atoms with Crippen molar-refractivity contribution < 1.29 is 4.42 Å². The van der Waals surface area contributed by atoms with Crippen LogP contribution in [0.4, 0.5) is 0 Å². The lowest BCUT2D eigenvalue weighted by Gasteiger charge is -2.00. The summed E-state index contributed by atoms with van der Waals surface area (Å²) in [6, 6.07) is 0. The first-order valence-electron chi connectivity index (χ1n) is 5.16. The molecular formula is C10H16N2OS. The van der Waals surface area contributed by atoms with Gasteiger partial charge in [0.2, 0.25) is 5.89 Å².